The van der Waals surface area contributed by atoms with Gasteiger partial charge in [-0.1, -0.05) is 54.6 Å². The second kappa shape index (κ2) is 7.40. The van der Waals surface area contributed by atoms with E-state index >= 15 is 0 Å². The molecular weight excluding hydrogens is 416 g/mol. The number of nitrogens with zero attached hydrogens (tertiary/aromatic N) is 3. The summed E-state index contributed by atoms with van der Waals surface area (Å²) in [7, 11) is 0. The summed E-state index contributed by atoms with van der Waals surface area (Å²) in [5.41, 5.74) is 3.37. The second-order valence-corrected chi connectivity index (χ2v) is 9.17. The molecule has 7 heteroatoms. The molecule has 4 atom stereocenters. The van der Waals surface area contributed by atoms with E-state index in [-0.39, 0.29) is 36.1 Å². The summed E-state index contributed by atoms with van der Waals surface area (Å²) >= 11 is 0. The van der Waals surface area contributed by atoms with Gasteiger partial charge in [-0.15, -0.1) is 0 Å². The summed E-state index contributed by atoms with van der Waals surface area (Å²) in [5.74, 6) is 0.135. The maximum absolute atomic E-state index is 13.3. The average Bonchev–Trinajstić information content (AvgIpc) is 3.70. The molecule has 0 unspecified atom stereocenters. The zero-order chi connectivity index (χ0) is 22.7. The maximum atomic E-state index is 13.3. The number of para-hydroxylation sites is 1. The number of benzene rings is 2. The van der Waals surface area contributed by atoms with Crippen LogP contribution >= 0.6 is 0 Å². The van der Waals surface area contributed by atoms with E-state index < -0.39 is 6.04 Å². The largest absolute Gasteiger partial charge is 0.351 e. The number of amides is 2. The van der Waals surface area contributed by atoms with Crippen molar-refractivity contribution in [3.05, 3.63) is 77.5 Å². The van der Waals surface area contributed by atoms with Crippen molar-refractivity contribution in [1.82, 2.24) is 20.0 Å². The maximum Gasteiger partial charge on any atom is 0.247 e. The molecule has 6 rings (SSSR count). The molecule has 1 N–H and O–H groups in total. The van der Waals surface area contributed by atoms with E-state index in [1.807, 2.05) is 42.5 Å². The van der Waals surface area contributed by atoms with Crippen LogP contribution in [0.2, 0.25) is 0 Å². The Bertz CT molecular complexity index is 1330. The molecule has 1 saturated carbocycles. The fourth-order valence-electron chi connectivity index (χ4n) is 5.08. The molecule has 3 aliphatic rings. The molecule has 2 aromatic carbocycles. The van der Waals surface area contributed by atoms with Crippen molar-refractivity contribution in [1.29, 1.82) is 0 Å². The highest BCUT2D eigenvalue weighted by molar-refractivity contribution is 6.05. The molecule has 3 aromatic rings. The number of rotatable bonds is 6. The Morgan fingerprint density at radius 2 is 1.82 bits per heavy atom. The zero-order valence-electron chi connectivity index (χ0n) is 18.3. The highest BCUT2D eigenvalue weighted by Crippen LogP contribution is 2.44. The first-order valence-corrected chi connectivity index (χ1v) is 11.3. The third kappa shape index (κ3) is 3.44. The predicted octanol–water partition coefficient (Wildman–Crippen LogP) is 2.68. The van der Waals surface area contributed by atoms with Gasteiger partial charge in [-0.3, -0.25) is 19.1 Å². The number of carbonyl (C=O) groups is 3. The van der Waals surface area contributed by atoms with Gasteiger partial charge >= 0.3 is 0 Å². The van der Waals surface area contributed by atoms with E-state index in [2.05, 4.69) is 28.6 Å². The summed E-state index contributed by atoms with van der Waals surface area (Å²) in [6, 6.07) is 17.2. The van der Waals surface area contributed by atoms with Gasteiger partial charge in [0.1, 0.15) is 18.3 Å². The molecule has 0 bridgehead atoms. The topological polar surface area (TPSA) is 84.3 Å². The first-order valence-electron chi connectivity index (χ1n) is 11.3. The van der Waals surface area contributed by atoms with E-state index in [0.29, 0.717) is 18.2 Å². The van der Waals surface area contributed by atoms with Crippen LogP contribution in [0.1, 0.15) is 35.3 Å². The first kappa shape index (κ1) is 19.9. The molecule has 1 aliphatic heterocycles. The zero-order valence-corrected chi connectivity index (χ0v) is 18.3. The van der Waals surface area contributed by atoms with Gasteiger partial charge in [0.25, 0.3) is 0 Å². The van der Waals surface area contributed by atoms with Gasteiger partial charge in [-0.25, -0.2) is 0 Å². The Balaban J connectivity index is 1.18. The Hall–Kier alpha value is -3.74. The Labute approximate surface area is 191 Å². The van der Waals surface area contributed by atoms with Crippen molar-refractivity contribution in [2.45, 2.75) is 37.9 Å². The van der Waals surface area contributed by atoms with Crippen molar-refractivity contribution < 1.29 is 14.4 Å². The summed E-state index contributed by atoms with van der Waals surface area (Å²) in [4.78, 5) is 40.1. The van der Waals surface area contributed by atoms with Gasteiger partial charge < -0.3 is 10.2 Å². The molecule has 1 aromatic heterocycles. The van der Waals surface area contributed by atoms with Crippen LogP contribution in [-0.2, 0) is 16.1 Å². The van der Waals surface area contributed by atoms with Gasteiger partial charge in [0, 0.05) is 36.7 Å². The molecule has 0 radical (unpaired) electrons. The number of hydrogen-bond acceptors (Lipinski definition) is 4. The normalized spacial score (nSPS) is 24.9. The number of hydrogen-bond donors (Lipinski definition) is 1. The summed E-state index contributed by atoms with van der Waals surface area (Å²) in [6.07, 6.45) is 3.00. The minimum absolute atomic E-state index is 0.00631. The monoisotopic (exact) mass is 440 g/mol. The second-order valence-electron chi connectivity index (χ2n) is 9.17. The van der Waals surface area contributed by atoms with Crippen LogP contribution < -0.4 is 5.32 Å². The molecule has 2 aliphatic carbocycles. The number of Topliss-reactive ketones (excluding diaryl/α,β-unsaturated/α-hetero) is 1. The van der Waals surface area contributed by atoms with Crippen LogP contribution in [0.3, 0.4) is 0 Å². The van der Waals surface area contributed by atoms with E-state index in [1.54, 1.807) is 9.58 Å². The third-order valence-electron chi connectivity index (χ3n) is 6.92. The highest BCUT2D eigenvalue weighted by Gasteiger charge is 2.51. The number of ketones is 1. The van der Waals surface area contributed by atoms with Gasteiger partial charge in [0.2, 0.25) is 11.8 Å². The molecule has 33 heavy (non-hydrogen) atoms. The third-order valence-corrected chi connectivity index (χ3v) is 6.92. The van der Waals surface area contributed by atoms with Crippen LogP contribution in [-0.4, -0.2) is 50.9 Å². The number of aromatic nitrogens is 2. The average molecular weight is 441 g/mol. The van der Waals surface area contributed by atoms with Gasteiger partial charge in [0.15, 0.2) is 5.78 Å². The van der Waals surface area contributed by atoms with E-state index in [1.165, 1.54) is 12.5 Å². The Morgan fingerprint density at radius 3 is 2.61 bits per heavy atom. The van der Waals surface area contributed by atoms with E-state index in [0.717, 1.165) is 22.9 Å². The lowest BCUT2D eigenvalue weighted by Gasteiger charge is -2.25. The molecule has 0 spiro atoms. The van der Waals surface area contributed by atoms with Crippen LogP contribution in [0.15, 0.2) is 66.2 Å². The molecule has 2 amide bonds. The fourth-order valence-corrected chi connectivity index (χ4v) is 5.08. The number of nitrogens with one attached hydrogen (secondary N) is 1. The van der Waals surface area contributed by atoms with Crippen molar-refractivity contribution in [3.63, 3.8) is 0 Å². The summed E-state index contributed by atoms with van der Waals surface area (Å²) in [5, 5.41) is 8.30. The lowest BCUT2D eigenvalue weighted by molar-refractivity contribution is -0.138. The minimum atomic E-state index is -0.548. The van der Waals surface area contributed by atoms with Crippen molar-refractivity contribution >= 4 is 28.5 Å². The molecule has 166 valence electrons. The lowest BCUT2D eigenvalue weighted by atomic mass is 10.1. The molecular formula is C26H24N4O3. The van der Waals surface area contributed by atoms with Gasteiger partial charge in [-0.2, -0.15) is 5.10 Å². The summed E-state index contributed by atoms with van der Waals surface area (Å²) in [6.45, 7) is 1.99. The SMILES string of the molecule is CC(=O)c1nn(CC(=O)N2C[C@H]3C=C3[C@H]2C(=O)N[C@H]2C[C@@H]2c2ccccc2)c2ccccc12. The highest BCUT2D eigenvalue weighted by atomic mass is 16.2. The van der Waals surface area contributed by atoms with Crippen molar-refractivity contribution in [2.75, 3.05) is 6.54 Å². The fraction of sp³-hybridized carbons (Fsp3) is 0.308. The molecule has 2 fully saturated rings. The molecule has 7 nitrogen and oxygen atoms in total. The first-order chi connectivity index (χ1) is 16.0. The van der Waals surface area contributed by atoms with Crippen molar-refractivity contribution in [3.8, 4) is 0 Å². The quantitative estimate of drug-likeness (QED) is 0.472. The van der Waals surface area contributed by atoms with Crippen LogP contribution in [0.25, 0.3) is 10.9 Å². The van der Waals surface area contributed by atoms with Gasteiger partial charge in [0.05, 0.1) is 5.52 Å². The Morgan fingerprint density at radius 1 is 1.06 bits per heavy atom. The standard InChI is InChI=1S/C26H24N4O3/c1-15(31)24-18-9-5-6-10-22(18)30(28-24)14-23(32)29-13-17-11-20(17)25(29)26(33)27-21-12-19(21)16-7-3-2-4-8-16/h2-11,17,19,21,25H,12-14H2,1H3,(H,27,33)/t17-,19-,21+,25+/m1/s1. The number of carbonyl (C=O) groups excluding carboxylic acids is 3. The number of likely N-dealkylation sites (tertiary alicyclic amines) is 1. The Kier molecular flexibility index (Phi) is 4.47. The van der Waals surface area contributed by atoms with Crippen LogP contribution in [0.5, 0.6) is 0 Å². The van der Waals surface area contributed by atoms with Crippen LogP contribution in [0.4, 0.5) is 0 Å². The summed E-state index contributed by atoms with van der Waals surface area (Å²) < 4.78 is 1.58. The van der Waals surface area contributed by atoms with Crippen molar-refractivity contribution in [2.24, 2.45) is 5.92 Å². The smallest absolute Gasteiger partial charge is 0.247 e. The van der Waals surface area contributed by atoms with E-state index in [4.69, 9.17) is 0 Å². The number of fused-ring (bicyclic) bond motifs is 2. The predicted molar refractivity (Wildman–Crippen MR) is 123 cm³/mol. The minimum Gasteiger partial charge on any atom is -0.351 e. The lowest BCUT2D eigenvalue weighted by Crippen LogP contribution is -2.48. The van der Waals surface area contributed by atoms with Crippen LogP contribution in [0, 0.1) is 5.92 Å². The van der Waals surface area contributed by atoms with E-state index in [9.17, 15) is 14.4 Å². The molecule has 2 heterocycles. The van der Waals surface area contributed by atoms with Gasteiger partial charge in [-0.05, 0) is 23.6 Å². The molecule has 1 saturated heterocycles.